The average Bonchev–Trinajstić information content (AvgIpc) is 3.12. The van der Waals surface area contributed by atoms with Crippen molar-refractivity contribution in [2.24, 2.45) is 17.8 Å². The summed E-state index contributed by atoms with van der Waals surface area (Å²) in [5, 5.41) is 9.09. The lowest BCUT2D eigenvalue weighted by Gasteiger charge is -2.33. The van der Waals surface area contributed by atoms with E-state index in [1.54, 1.807) is 4.90 Å². The third-order valence-corrected chi connectivity index (χ3v) is 5.36. The Labute approximate surface area is 145 Å². The van der Waals surface area contributed by atoms with Crippen LogP contribution in [0, 0.1) is 23.6 Å². The van der Waals surface area contributed by atoms with Crippen LogP contribution in [0.15, 0.2) is 24.3 Å². The van der Waals surface area contributed by atoms with Crippen LogP contribution in [0.5, 0.6) is 0 Å². The number of Topliss-reactive ketones (excluding diaryl/α,β-unsaturated/α-hetero) is 1. The second-order valence-electron chi connectivity index (χ2n) is 7.04. The molecule has 3 rings (SSSR count). The van der Waals surface area contributed by atoms with E-state index in [1.165, 1.54) is 24.3 Å². The fourth-order valence-electron chi connectivity index (χ4n) is 3.93. The normalized spacial score (nSPS) is 26.4. The number of amides is 1. The molecule has 5 nitrogen and oxygen atoms in total. The molecule has 1 aliphatic heterocycles. The summed E-state index contributed by atoms with van der Waals surface area (Å²) in [6, 6.07) is 5.49. The highest BCUT2D eigenvalue weighted by Gasteiger charge is 2.38. The Morgan fingerprint density at radius 3 is 2.32 bits per heavy atom. The van der Waals surface area contributed by atoms with Crippen LogP contribution in [0.4, 0.5) is 4.39 Å². The number of piperidine rings is 1. The van der Waals surface area contributed by atoms with Gasteiger partial charge < -0.3 is 10.0 Å². The molecule has 1 saturated heterocycles. The largest absolute Gasteiger partial charge is 0.481 e. The molecular formula is C19H22FNO4. The Bertz CT molecular complexity index is 673. The third kappa shape index (κ3) is 3.89. The summed E-state index contributed by atoms with van der Waals surface area (Å²) in [6.07, 6.45) is 2.99. The maximum atomic E-state index is 13.0. The maximum absolute atomic E-state index is 13.0. The number of rotatable bonds is 4. The molecule has 2 fully saturated rings. The number of halogens is 1. The average molecular weight is 347 g/mol. The van der Waals surface area contributed by atoms with Crippen LogP contribution in [0.2, 0.25) is 0 Å². The van der Waals surface area contributed by atoms with Crippen molar-refractivity contribution in [3.8, 4) is 0 Å². The zero-order valence-corrected chi connectivity index (χ0v) is 14.0. The van der Waals surface area contributed by atoms with Crippen LogP contribution in [0.1, 0.15) is 42.5 Å². The first-order chi connectivity index (χ1) is 12.0. The lowest BCUT2D eigenvalue weighted by Crippen LogP contribution is -2.44. The van der Waals surface area contributed by atoms with Gasteiger partial charge in [-0.25, -0.2) is 4.39 Å². The molecule has 0 spiro atoms. The molecular weight excluding hydrogens is 325 g/mol. The summed E-state index contributed by atoms with van der Waals surface area (Å²) < 4.78 is 13.0. The smallest absolute Gasteiger partial charge is 0.306 e. The van der Waals surface area contributed by atoms with E-state index in [-0.39, 0.29) is 29.3 Å². The topological polar surface area (TPSA) is 74.7 Å². The van der Waals surface area contributed by atoms with Gasteiger partial charge in [0, 0.05) is 30.5 Å². The van der Waals surface area contributed by atoms with Gasteiger partial charge in [0.15, 0.2) is 5.78 Å². The molecule has 3 atom stereocenters. The van der Waals surface area contributed by atoms with Crippen LogP contribution in [0.3, 0.4) is 0 Å². The Morgan fingerprint density at radius 1 is 1.00 bits per heavy atom. The quantitative estimate of drug-likeness (QED) is 0.850. The van der Waals surface area contributed by atoms with Crippen LogP contribution in [-0.2, 0) is 9.59 Å². The van der Waals surface area contributed by atoms with E-state index in [0.29, 0.717) is 44.3 Å². The second kappa shape index (κ2) is 7.33. The number of ketones is 1. The summed E-state index contributed by atoms with van der Waals surface area (Å²) in [4.78, 5) is 38.1. The summed E-state index contributed by atoms with van der Waals surface area (Å²) in [7, 11) is 0. The first-order valence-corrected chi connectivity index (χ1v) is 8.77. The van der Waals surface area contributed by atoms with Gasteiger partial charge in [0.25, 0.3) is 0 Å². The van der Waals surface area contributed by atoms with Gasteiger partial charge in [0.1, 0.15) is 5.82 Å². The number of hydrogen-bond donors (Lipinski definition) is 1. The molecule has 1 heterocycles. The minimum atomic E-state index is -0.835. The van der Waals surface area contributed by atoms with Crippen LogP contribution in [-0.4, -0.2) is 40.8 Å². The van der Waals surface area contributed by atoms with Gasteiger partial charge in [-0.1, -0.05) is 0 Å². The molecule has 2 aliphatic rings. The number of carboxylic acid groups (broad SMARTS) is 1. The zero-order chi connectivity index (χ0) is 18.0. The number of aliphatic carboxylic acids is 1. The molecule has 1 aromatic rings. The fraction of sp³-hybridized carbons (Fsp3) is 0.526. The SMILES string of the molecule is O=C(c1ccc(F)cc1)C1CCCN(C(=O)[C@H]2CC[C@@H](C(=O)O)C2)C1. The van der Waals surface area contributed by atoms with Gasteiger partial charge >= 0.3 is 5.97 Å². The molecule has 1 aliphatic carbocycles. The first-order valence-electron chi connectivity index (χ1n) is 8.77. The number of benzene rings is 1. The van der Waals surface area contributed by atoms with E-state index >= 15 is 0 Å². The van der Waals surface area contributed by atoms with Gasteiger partial charge in [-0.3, -0.25) is 14.4 Å². The summed E-state index contributed by atoms with van der Waals surface area (Å²) in [5.74, 6) is -2.27. The fourth-order valence-corrected chi connectivity index (χ4v) is 3.93. The molecule has 0 radical (unpaired) electrons. The molecule has 0 bridgehead atoms. The van der Waals surface area contributed by atoms with Gasteiger partial charge in [-0.05, 0) is 56.4 Å². The zero-order valence-electron chi connectivity index (χ0n) is 14.0. The molecule has 6 heteroatoms. The monoisotopic (exact) mass is 347 g/mol. The maximum Gasteiger partial charge on any atom is 0.306 e. The molecule has 0 aromatic heterocycles. The van der Waals surface area contributed by atoms with Crippen molar-refractivity contribution < 1.29 is 23.9 Å². The Morgan fingerprint density at radius 2 is 1.68 bits per heavy atom. The highest BCUT2D eigenvalue weighted by atomic mass is 19.1. The highest BCUT2D eigenvalue weighted by molar-refractivity contribution is 5.98. The summed E-state index contributed by atoms with van der Waals surface area (Å²) >= 11 is 0. The number of carboxylic acids is 1. The van der Waals surface area contributed by atoms with E-state index in [0.717, 1.165) is 6.42 Å². The predicted octanol–water partition coefficient (Wildman–Crippen LogP) is 2.75. The number of carbonyl (C=O) groups is 3. The minimum Gasteiger partial charge on any atom is -0.481 e. The van der Waals surface area contributed by atoms with E-state index in [4.69, 9.17) is 5.11 Å². The van der Waals surface area contributed by atoms with E-state index in [1.807, 2.05) is 0 Å². The van der Waals surface area contributed by atoms with Crippen LogP contribution in [0.25, 0.3) is 0 Å². The van der Waals surface area contributed by atoms with Crippen molar-refractivity contribution in [3.63, 3.8) is 0 Å². The molecule has 1 aromatic carbocycles. The van der Waals surface area contributed by atoms with Crippen molar-refractivity contribution in [1.82, 2.24) is 4.90 Å². The predicted molar refractivity (Wildman–Crippen MR) is 88.5 cm³/mol. The molecule has 134 valence electrons. The van der Waals surface area contributed by atoms with E-state index < -0.39 is 11.9 Å². The standard InChI is InChI=1S/C19H22FNO4/c20-16-7-5-12(6-8-16)17(22)15-2-1-9-21(11-15)18(23)13-3-4-14(10-13)19(24)25/h5-8,13-15H,1-4,9-11H2,(H,24,25)/t13-,14+,15?/m0/s1. The summed E-state index contributed by atoms with van der Waals surface area (Å²) in [6.45, 7) is 0.976. The molecule has 1 saturated carbocycles. The second-order valence-corrected chi connectivity index (χ2v) is 7.04. The van der Waals surface area contributed by atoms with Gasteiger partial charge in [0.05, 0.1) is 5.92 Å². The van der Waals surface area contributed by atoms with Crippen LogP contribution >= 0.6 is 0 Å². The van der Waals surface area contributed by atoms with E-state index in [2.05, 4.69) is 0 Å². The lowest BCUT2D eigenvalue weighted by atomic mass is 9.89. The molecule has 1 unspecified atom stereocenters. The lowest BCUT2D eigenvalue weighted by molar-refractivity contribution is -0.141. The Kier molecular flexibility index (Phi) is 5.16. The highest BCUT2D eigenvalue weighted by Crippen LogP contribution is 2.33. The van der Waals surface area contributed by atoms with Crippen LogP contribution < -0.4 is 0 Å². The van der Waals surface area contributed by atoms with Crippen molar-refractivity contribution in [3.05, 3.63) is 35.6 Å². The van der Waals surface area contributed by atoms with Crippen molar-refractivity contribution in [1.29, 1.82) is 0 Å². The van der Waals surface area contributed by atoms with Crippen molar-refractivity contribution in [2.45, 2.75) is 32.1 Å². The number of hydrogen-bond acceptors (Lipinski definition) is 3. The minimum absolute atomic E-state index is 0.0274. The summed E-state index contributed by atoms with van der Waals surface area (Å²) in [5.41, 5.74) is 0.465. The molecule has 25 heavy (non-hydrogen) atoms. The number of nitrogens with zero attached hydrogens (tertiary/aromatic N) is 1. The third-order valence-electron chi connectivity index (χ3n) is 5.36. The molecule has 1 N–H and O–H groups in total. The van der Waals surface area contributed by atoms with Crippen molar-refractivity contribution >= 4 is 17.7 Å². The number of carbonyl (C=O) groups excluding carboxylic acids is 2. The molecule has 1 amide bonds. The van der Waals surface area contributed by atoms with Gasteiger partial charge in [0.2, 0.25) is 5.91 Å². The van der Waals surface area contributed by atoms with Crippen molar-refractivity contribution in [2.75, 3.05) is 13.1 Å². The Hall–Kier alpha value is -2.24. The Balaban J connectivity index is 1.63. The number of likely N-dealkylation sites (tertiary alicyclic amines) is 1. The van der Waals surface area contributed by atoms with E-state index in [9.17, 15) is 18.8 Å². The van der Waals surface area contributed by atoms with Gasteiger partial charge in [-0.2, -0.15) is 0 Å². The first kappa shape index (κ1) is 17.6. The van der Waals surface area contributed by atoms with Gasteiger partial charge in [-0.15, -0.1) is 0 Å².